The first-order valence-corrected chi connectivity index (χ1v) is 6.51. The van der Waals surface area contributed by atoms with Crippen LogP contribution in [0.4, 0.5) is 0 Å². The van der Waals surface area contributed by atoms with Crippen LogP contribution in [0.25, 0.3) is 0 Å². The first-order chi connectivity index (χ1) is 10.7. The van der Waals surface area contributed by atoms with Gasteiger partial charge in [-0.15, -0.1) is 0 Å². The Morgan fingerprint density at radius 3 is 2.43 bits per heavy atom. The molecule has 2 atom stereocenters. The summed E-state index contributed by atoms with van der Waals surface area (Å²) in [4.78, 5) is 57.7. The van der Waals surface area contributed by atoms with Crippen LogP contribution in [0.2, 0.25) is 0 Å². The second-order valence-electron chi connectivity index (χ2n) is 4.70. The molecular weight excluding hydrogens is 312 g/mol. The SMILES string of the molecule is N[C@@H](CCC(=O)N[C@@H](Cn1ccc(=O)[nH]c1=O)C(=O)O)C(=O)O. The standard InChI is InChI=1S/C12H16N4O7/c13-6(10(19)20)1-2-8(17)14-7(11(21)22)5-16-4-3-9(18)15-12(16)23/h3-4,6-7H,1-2,5,13H2,(H,14,17)(H,19,20)(H,21,22)(H,15,18,23)/t6-,7-/m0/s1. The fourth-order valence-electron chi connectivity index (χ4n) is 1.65. The highest BCUT2D eigenvalue weighted by molar-refractivity contribution is 5.84. The summed E-state index contributed by atoms with van der Waals surface area (Å²) in [6.07, 6.45) is 0.660. The summed E-state index contributed by atoms with van der Waals surface area (Å²) in [6, 6.07) is -1.62. The average Bonchev–Trinajstić information content (AvgIpc) is 2.46. The summed E-state index contributed by atoms with van der Waals surface area (Å²) in [5.74, 6) is -3.38. The Balaban J connectivity index is 2.70. The molecule has 126 valence electrons. The number of carboxylic acids is 2. The lowest BCUT2D eigenvalue weighted by Crippen LogP contribution is -2.46. The fourth-order valence-corrected chi connectivity index (χ4v) is 1.65. The molecule has 0 saturated heterocycles. The van der Waals surface area contributed by atoms with Gasteiger partial charge in [-0.1, -0.05) is 0 Å². The molecule has 1 rings (SSSR count). The zero-order chi connectivity index (χ0) is 17.6. The van der Waals surface area contributed by atoms with Gasteiger partial charge in [0.25, 0.3) is 5.56 Å². The number of carboxylic acid groups (broad SMARTS) is 2. The van der Waals surface area contributed by atoms with Crippen LogP contribution in [0.3, 0.4) is 0 Å². The molecule has 23 heavy (non-hydrogen) atoms. The zero-order valence-electron chi connectivity index (χ0n) is 11.9. The van der Waals surface area contributed by atoms with Crippen LogP contribution < -0.4 is 22.3 Å². The third kappa shape index (κ3) is 5.74. The number of hydrogen-bond donors (Lipinski definition) is 5. The monoisotopic (exact) mass is 328 g/mol. The van der Waals surface area contributed by atoms with E-state index >= 15 is 0 Å². The third-order valence-corrected chi connectivity index (χ3v) is 2.91. The largest absolute Gasteiger partial charge is 0.480 e. The molecule has 0 bridgehead atoms. The second kappa shape index (κ2) is 7.89. The molecule has 1 aromatic rings. The van der Waals surface area contributed by atoms with Crippen molar-refractivity contribution >= 4 is 17.8 Å². The maximum absolute atomic E-state index is 11.6. The lowest BCUT2D eigenvalue weighted by atomic mass is 10.1. The van der Waals surface area contributed by atoms with Gasteiger partial charge in [0.2, 0.25) is 5.91 Å². The Morgan fingerprint density at radius 2 is 1.91 bits per heavy atom. The van der Waals surface area contributed by atoms with Crippen molar-refractivity contribution in [1.82, 2.24) is 14.9 Å². The van der Waals surface area contributed by atoms with Gasteiger partial charge in [-0.2, -0.15) is 0 Å². The zero-order valence-corrected chi connectivity index (χ0v) is 11.9. The number of aliphatic carboxylic acids is 2. The number of rotatable bonds is 8. The van der Waals surface area contributed by atoms with Gasteiger partial charge in [0.15, 0.2) is 0 Å². The number of carbonyl (C=O) groups is 3. The van der Waals surface area contributed by atoms with E-state index in [9.17, 15) is 24.0 Å². The molecule has 1 amide bonds. The molecule has 0 aliphatic carbocycles. The average molecular weight is 328 g/mol. The van der Waals surface area contributed by atoms with Gasteiger partial charge in [0, 0.05) is 18.7 Å². The van der Waals surface area contributed by atoms with Crippen molar-refractivity contribution in [2.45, 2.75) is 31.5 Å². The maximum atomic E-state index is 11.6. The number of aromatic nitrogens is 2. The summed E-state index contributed by atoms with van der Waals surface area (Å²) >= 11 is 0. The molecule has 0 radical (unpaired) electrons. The van der Waals surface area contributed by atoms with E-state index in [4.69, 9.17) is 15.9 Å². The highest BCUT2D eigenvalue weighted by Crippen LogP contribution is 1.97. The number of carbonyl (C=O) groups excluding carboxylic acids is 1. The van der Waals surface area contributed by atoms with Crippen LogP contribution in [-0.4, -0.2) is 49.7 Å². The van der Waals surface area contributed by atoms with Crippen molar-refractivity contribution in [3.05, 3.63) is 33.1 Å². The maximum Gasteiger partial charge on any atom is 0.328 e. The molecule has 11 heteroatoms. The summed E-state index contributed by atoms with van der Waals surface area (Å²) in [6.45, 7) is -0.401. The fraction of sp³-hybridized carbons (Fsp3) is 0.417. The molecule has 1 heterocycles. The van der Waals surface area contributed by atoms with E-state index < -0.39 is 47.7 Å². The summed E-state index contributed by atoms with van der Waals surface area (Å²) < 4.78 is 0.920. The number of nitrogens with one attached hydrogen (secondary N) is 2. The van der Waals surface area contributed by atoms with Gasteiger partial charge in [-0.05, 0) is 6.42 Å². The Hall–Kier alpha value is -2.95. The smallest absolute Gasteiger partial charge is 0.328 e. The Bertz CT molecular complexity index is 708. The first-order valence-electron chi connectivity index (χ1n) is 6.51. The molecule has 0 aromatic carbocycles. The van der Waals surface area contributed by atoms with Crippen molar-refractivity contribution in [3.63, 3.8) is 0 Å². The number of nitrogens with zero attached hydrogens (tertiary/aromatic N) is 1. The normalized spacial score (nSPS) is 13.1. The molecule has 0 fully saturated rings. The van der Waals surface area contributed by atoms with E-state index in [-0.39, 0.29) is 12.8 Å². The molecule has 0 unspecified atom stereocenters. The van der Waals surface area contributed by atoms with E-state index in [0.29, 0.717) is 0 Å². The molecular formula is C12H16N4O7. The topological polar surface area (TPSA) is 185 Å². The predicted octanol–water partition coefficient (Wildman–Crippen LogP) is -2.70. The minimum Gasteiger partial charge on any atom is -0.480 e. The third-order valence-electron chi connectivity index (χ3n) is 2.91. The summed E-state index contributed by atoms with van der Waals surface area (Å²) in [5, 5.41) is 19.8. The van der Waals surface area contributed by atoms with Gasteiger partial charge in [-0.3, -0.25) is 23.9 Å². The molecule has 0 spiro atoms. The van der Waals surface area contributed by atoms with Gasteiger partial charge in [0.1, 0.15) is 12.1 Å². The lowest BCUT2D eigenvalue weighted by molar-refractivity contribution is -0.142. The summed E-state index contributed by atoms with van der Waals surface area (Å²) in [5.41, 5.74) is 3.79. The van der Waals surface area contributed by atoms with Crippen LogP contribution in [0, 0.1) is 0 Å². The number of H-pyrrole nitrogens is 1. The molecule has 0 aliphatic heterocycles. The van der Waals surface area contributed by atoms with Crippen LogP contribution in [0.5, 0.6) is 0 Å². The van der Waals surface area contributed by atoms with Gasteiger partial charge < -0.3 is 21.3 Å². The van der Waals surface area contributed by atoms with Crippen molar-refractivity contribution < 1.29 is 24.6 Å². The predicted molar refractivity (Wildman–Crippen MR) is 75.7 cm³/mol. The van der Waals surface area contributed by atoms with Crippen LogP contribution in [0.15, 0.2) is 21.9 Å². The highest BCUT2D eigenvalue weighted by atomic mass is 16.4. The molecule has 6 N–H and O–H groups in total. The van der Waals surface area contributed by atoms with Gasteiger partial charge >= 0.3 is 17.6 Å². The van der Waals surface area contributed by atoms with Crippen molar-refractivity contribution in [1.29, 1.82) is 0 Å². The molecule has 11 nitrogen and oxygen atoms in total. The van der Waals surface area contributed by atoms with Crippen molar-refractivity contribution in [3.8, 4) is 0 Å². The van der Waals surface area contributed by atoms with Crippen LogP contribution >= 0.6 is 0 Å². The number of nitrogens with two attached hydrogens (primary N) is 1. The quantitative estimate of drug-likeness (QED) is 0.341. The van der Waals surface area contributed by atoms with E-state index in [1.807, 2.05) is 4.98 Å². The van der Waals surface area contributed by atoms with E-state index in [1.165, 1.54) is 0 Å². The molecule has 0 aliphatic rings. The lowest BCUT2D eigenvalue weighted by Gasteiger charge is -2.16. The Labute approximate surface area is 128 Å². The molecule has 0 saturated carbocycles. The Kier molecular flexibility index (Phi) is 6.21. The van der Waals surface area contributed by atoms with E-state index in [2.05, 4.69) is 5.32 Å². The number of hydrogen-bond acceptors (Lipinski definition) is 6. The van der Waals surface area contributed by atoms with Crippen LogP contribution in [-0.2, 0) is 20.9 Å². The Morgan fingerprint density at radius 1 is 1.26 bits per heavy atom. The van der Waals surface area contributed by atoms with Crippen LogP contribution in [0.1, 0.15) is 12.8 Å². The van der Waals surface area contributed by atoms with Gasteiger partial charge in [0.05, 0.1) is 6.54 Å². The minimum atomic E-state index is -1.42. The van der Waals surface area contributed by atoms with E-state index in [1.54, 1.807) is 0 Å². The van der Waals surface area contributed by atoms with Gasteiger partial charge in [-0.25, -0.2) is 9.59 Å². The number of amides is 1. The summed E-state index contributed by atoms with van der Waals surface area (Å²) in [7, 11) is 0. The minimum absolute atomic E-state index is 0.161. The second-order valence-corrected chi connectivity index (χ2v) is 4.70. The van der Waals surface area contributed by atoms with E-state index in [0.717, 1.165) is 16.8 Å². The number of aromatic amines is 1. The van der Waals surface area contributed by atoms with Crippen molar-refractivity contribution in [2.24, 2.45) is 5.73 Å². The van der Waals surface area contributed by atoms with Crippen molar-refractivity contribution in [2.75, 3.05) is 0 Å². The molecule has 1 aromatic heterocycles. The highest BCUT2D eigenvalue weighted by Gasteiger charge is 2.22. The first kappa shape index (κ1) is 18.1.